The van der Waals surface area contributed by atoms with Crippen LogP contribution >= 0.6 is 0 Å². The first-order valence-corrected chi connectivity index (χ1v) is 16.5. The third kappa shape index (κ3) is 8.90. The molecule has 2 aromatic carbocycles. The van der Waals surface area contributed by atoms with Crippen LogP contribution in [0.25, 0.3) is 11.1 Å². The highest BCUT2D eigenvalue weighted by molar-refractivity contribution is 5.99. The number of nitrogens with zero attached hydrogens (tertiary/aromatic N) is 2. The van der Waals surface area contributed by atoms with E-state index >= 15 is 0 Å². The summed E-state index contributed by atoms with van der Waals surface area (Å²) in [6.07, 6.45) is 6.14. The second-order valence-electron chi connectivity index (χ2n) is 13.2. The van der Waals surface area contributed by atoms with E-state index in [-0.39, 0.29) is 23.8 Å². The van der Waals surface area contributed by atoms with Crippen molar-refractivity contribution in [3.63, 3.8) is 0 Å². The molecule has 7 heteroatoms. The van der Waals surface area contributed by atoms with Gasteiger partial charge in [-0.3, -0.25) is 9.69 Å². The van der Waals surface area contributed by atoms with Crippen molar-refractivity contribution in [2.45, 2.75) is 85.4 Å². The molecule has 1 aliphatic heterocycles. The number of aldehydes is 1. The van der Waals surface area contributed by atoms with Crippen LogP contribution in [0.15, 0.2) is 36.4 Å². The lowest BCUT2D eigenvalue weighted by atomic mass is 9.87. The van der Waals surface area contributed by atoms with Gasteiger partial charge >= 0.3 is 0 Å². The van der Waals surface area contributed by atoms with Crippen LogP contribution in [0.1, 0.15) is 81.3 Å². The summed E-state index contributed by atoms with van der Waals surface area (Å²) >= 11 is 0. The minimum absolute atomic E-state index is 0.116. The Morgan fingerprint density at radius 3 is 2.35 bits per heavy atom. The average molecular weight is 591 g/mol. The van der Waals surface area contributed by atoms with Gasteiger partial charge in [0.1, 0.15) is 6.29 Å². The summed E-state index contributed by atoms with van der Waals surface area (Å²) in [4.78, 5) is 30.6. The molecule has 2 fully saturated rings. The predicted octanol–water partition coefficient (Wildman–Crippen LogP) is 5.82. The highest BCUT2D eigenvalue weighted by atomic mass is 16.5. The quantitative estimate of drug-likeness (QED) is 0.286. The van der Waals surface area contributed by atoms with Gasteiger partial charge in [-0.2, -0.15) is 0 Å². The van der Waals surface area contributed by atoms with E-state index in [1.165, 1.54) is 5.56 Å². The molecule has 1 aliphatic carbocycles. The monoisotopic (exact) mass is 590 g/mol. The predicted molar refractivity (Wildman–Crippen MR) is 176 cm³/mol. The molecule has 3 N–H and O–H groups in total. The first-order valence-electron chi connectivity index (χ1n) is 16.5. The Morgan fingerprint density at radius 1 is 1.07 bits per heavy atom. The number of benzene rings is 2. The van der Waals surface area contributed by atoms with Crippen LogP contribution in [-0.2, 0) is 16.1 Å². The van der Waals surface area contributed by atoms with Crippen molar-refractivity contribution in [1.29, 1.82) is 0 Å². The van der Waals surface area contributed by atoms with E-state index in [0.29, 0.717) is 24.1 Å². The SMILES string of the molecule is CCN(c1cc(-c2ccc(CN3CCOCC3)cc2)cc(C(=O)NCC(C=O)C(C)CC(C)C)c1C)C1CCC(N)CC1. The van der Waals surface area contributed by atoms with E-state index < -0.39 is 0 Å². The fraction of sp³-hybridized carbons (Fsp3) is 0.611. The van der Waals surface area contributed by atoms with Gasteiger partial charge in [-0.25, -0.2) is 0 Å². The summed E-state index contributed by atoms with van der Waals surface area (Å²) in [5.74, 6) is 0.399. The van der Waals surface area contributed by atoms with Gasteiger partial charge in [0, 0.05) is 62.0 Å². The second kappa shape index (κ2) is 15.8. The molecule has 1 saturated carbocycles. The van der Waals surface area contributed by atoms with Gasteiger partial charge in [-0.1, -0.05) is 45.0 Å². The van der Waals surface area contributed by atoms with Crippen molar-refractivity contribution in [3.05, 3.63) is 53.1 Å². The lowest BCUT2D eigenvalue weighted by Crippen LogP contribution is -2.41. The lowest BCUT2D eigenvalue weighted by Gasteiger charge is -2.38. The summed E-state index contributed by atoms with van der Waals surface area (Å²) in [7, 11) is 0. The number of hydrogen-bond acceptors (Lipinski definition) is 6. The molecule has 2 unspecified atom stereocenters. The number of ether oxygens (including phenoxy) is 1. The van der Waals surface area contributed by atoms with Crippen molar-refractivity contribution < 1.29 is 14.3 Å². The van der Waals surface area contributed by atoms with Crippen LogP contribution < -0.4 is 16.0 Å². The van der Waals surface area contributed by atoms with Gasteiger partial charge in [0.2, 0.25) is 0 Å². The third-order valence-corrected chi connectivity index (χ3v) is 9.50. The highest BCUT2D eigenvalue weighted by Crippen LogP contribution is 2.35. The molecule has 0 spiro atoms. The standard InChI is InChI=1S/C36H54N4O3/c1-6-40(33-13-11-32(37)12-14-33)35-21-30(29-9-7-28(8-10-29)23-39-15-17-43-18-16-39)20-34(27(35)5)36(42)38-22-31(24-41)26(4)19-25(2)3/h7-10,20-21,24-26,31-33H,6,11-19,22-23,37H2,1-5H3,(H,38,42). The zero-order valence-corrected chi connectivity index (χ0v) is 27.1. The molecular formula is C36H54N4O3. The third-order valence-electron chi connectivity index (χ3n) is 9.50. The van der Waals surface area contributed by atoms with Crippen LogP contribution in [0.3, 0.4) is 0 Å². The van der Waals surface area contributed by atoms with E-state index in [9.17, 15) is 9.59 Å². The van der Waals surface area contributed by atoms with Gasteiger partial charge < -0.3 is 25.5 Å². The molecule has 2 aromatic rings. The van der Waals surface area contributed by atoms with E-state index in [1.807, 2.05) is 6.07 Å². The molecule has 4 rings (SSSR count). The average Bonchev–Trinajstić information content (AvgIpc) is 3.00. The molecular weight excluding hydrogens is 536 g/mol. The molecule has 0 aromatic heterocycles. The van der Waals surface area contributed by atoms with Crippen LogP contribution in [-0.4, -0.2) is 68.6 Å². The smallest absolute Gasteiger partial charge is 0.251 e. The van der Waals surface area contributed by atoms with Crippen LogP contribution in [0.4, 0.5) is 5.69 Å². The first-order chi connectivity index (χ1) is 20.7. The molecule has 2 atom stereocenters. The maximum atomic E-state index is 13.8. The Kier molecular flexibility index (Phi) is 12.2. The van der Waals surface area contributed by atoms with Gasteiger partial charge in [0.15, 0.2) is 0 Å². The van der Waals surface area contributed by atoms with E-state index in [4.69, 9.17) is 10.5 Å². The number of amides is 1. The number of hydrogen-bond donors (Lipinski definition) is 2. The van der Waals surface area contributed by atoms with Crippen molar-refractivity contribution >= 4 is 17.9 Å². The Balaban J connectivity index is 1.63. The molecule has 43 heavy (non-hydrogen) atoms. The van der Waals surface area contributed by atoms with Crippen molar-refractivity contribution in [1.82, 2.24) is 10.2 Å². The second-order valence-corrected chi connectivity index (χ2v) is 13.2. The minimum Gasteiger partial charge on any atom is -0.379 e. The van der Waals surface area contributed by atoms with E-state index in [2.05, 4.69) is 80.1 Å². The van der Waals surface area contributed by atoms with E-state index in [1.54, 1.807) is 0 Å². The molecule has 7 nitrogen and oxygen atoms in total. The van der Waals surface area contributed by atoms with Crippen molar-refractivity contribution in [3.8, 4) is 11.1 Å². The molecule has 1 heterocycles. The zero-order valence-electron chi connectivity index (χ0n) is 27.1. The summed E-state index contributed by atoms with van der Waals surface area (Å²) < 4.78 is 5.50. The van der Waals surface area contributed by atoms with Gasteiger partial charge in [0.05, 0.1) is 13.2 Å². The summed E-state index contributed by atoms with van der Waals surface area (Å²) in [5, 5.41) is 3.13. The summed E-state index contributed by atoms with van der Waals surface area (Å²) in [6, 6.07) is 13.7. The minimum atomic E-state index is -0.202. The molecule has 0 radical (unpaired) electrons. The Hall–Kier alpha value is -2.74. The van der Waals surface area contributed by atoms with Crippen molar-refractivity contribution in [2.75, 3.05) is 44.3 Å². The molecule has 236 valence electrons. The fourth-order valence-electron chi connectivity index (χ4n) is 6.87. The van der Waals surface area contributed by atoms with Crippen LogP contribution in [0.5, 0.6) is 0 Å². The number of anilines is 1. The Morgan fingerprint density at radius 2 is 1.74 bits per heavy atom. The number of morpholine rings is 1. The molecule has 1 amide bonds. The van der Waals surface area contributed by atoms with Crippen LogP contribution in [0, 0.1) is 24.7 Å². The number of rotatable bonds is 13. The summed E-state index contributed by atoms with van der Waals surface area (Å²) in [6.45, 7) is 16.3. The van der Waals surface area contributed by atoms with Crippen LogP contribution in [0.2, 0.25) is 0 Å². The fourth-order valence-corrected chi connectivity index (χ4v) is 6.87. The maximum absolute atomic E-state index is 13.8. The molecule has 2 aliphatic rings. The number of carbonyl (C=O) groups excluding carboxylic acids is 2. The Labute approximate surface area is 259 Å². The van der Waals surface area contributed by atoms with Gasteiger partial charge in [0.25, 0.3) is 5.91 Å². The maximum Gasteiger partial charge on any atom is 0.251 e. The molecule has 0 bridgehead atoms. The highest BCUT2D eigenvalue weighted by Gasteiger charge is 2.27. The number of carbonyl (C=O) groups is 2. The Bertz CT molecular complexity index is 1180. The topological polar surface area (TPSA) is 87.9 Å². The number of nitrogens with two attached hydrogens (primary N) is 1. The van der Waals surface area contributed by atoms with Gasteiger partial charge in [-0.15, -0.1) is 0 Å². The largest absolute Gasteiger partial charge is 0.379 e. The molecule has 1 saturated heterocycles. The normalized spacial score (nSPS) is 20.9. The van der Waals surface area contributed by atoms with Gasteiger partial charge in [-0.05, 0) is 92.2 Å². The first kappa shape index (κ1) is 33.2. The summed E-state index contributed by atoms with van der Waals surface area (Å²) in [5.41, 5.74) is 12.4. The lowest BCUT2D eigenvalue weighted by molar-refractivity contribution is -0.112. The number of nitrogens with one attached hydrogen (secondary N) is 1. The zero-order chi connectivity index (χ0) is 30.9. The van der Waals surface area contributed by atoms with Crippen molar-refractivity contribution in [2.24, 2.45) is 23.5 Å². The van der Waals surface area contributed by atoms with E-state index in [0.717, 1.165) is 100 Å².